The molecule has 8 heteroatoms. The number of hydrogen-bond acceptors (Lipinski definition) is 4. The lowest BCUT2D eigenvalue weighted by atomic mass is 9.94. The van der Waals surface area contributed by atoms with E-state index in [4.69, 9.17) is 9.47 Å². The molecule has 2 N–H and O–H groups in total. The fraction of sp³-hybridized carbons (Fsp3) is 0.409. The second kappa shape index (κ2) is 7.74. The summed E-state index contributed by atoms with van der Waals surface area (Å²) >= 11 is 0. The number of nitrogens with one attached hydrogen (secondary N) is 2. The van der Waals surface area contributed by atoms with Gasteiger partial charge in [0, 0.05) is 24.6 Å². The van der Waals surface area contributed by atoms with Crippen LogP contribution in [-0.2, 0) is 11.0 Å². The summed E-state index contributed by atoms with van der Waals surface area (Å²) in [4.78, 5) is 12.5. The fourth-order valence-corrected chi connectivity index (χ4v) is 3.87. The largest absolute Gasteiger partial charge is 0.448 e. The van der Waals surface area contributed by atoms with Crippen LogP contribution in [0.4, 0.5) is 24.5 Å². The van der Waals surface area contributed by atoms with Crippen LogP contribution in [-0.4, -0.2) is 17.7 Å². The summed E-state index contributed by atoms with van der Waals surface area (Å²) in [5.41, 5.74) is -0.531. The van der Waals surface area contributed by atoms with Gasteiger partial charge in [-0.15, -0.1) is 0 Å². The standard InChI is InChI=1S/C22H23F3N2O3/c1-14(20(28)27-17-8-4-3-7-16(17)22(23,24)25)26-15-9-10-18-19(13-15)30-21(29-18)11-5-2-6-12-21/h3-4,7-10,13-14,26H,2,5-6,11-12H2,1H3,(H,27,28). The number of benzene rings is 2. The number of halogens is 3. The number of hydrogen-bond donors (Lipinski definition) is 2. The summed E-state index contributed by atoms with van der Waals surface area (Å²) in [6.07, 6.45) is 0.393. The molecule has 1 unspecified atom stereocenters. The SMILES string of the molecule is CC(Nc1ccc2c(c1)OC1(CCCCC1)O2)C(=O)Nc1ccccc1C(F)(F)F. The van der Waals surface area contributed by atoms with Gasteiger partial charge < -0.3 is 20.1 Å². The van der Waals surface area contributed by atoms with Crippen LogP contribution in [0.2, 0.25) is 0 Å². The minimum Gasteiger partial charge on any atom is -0.448 e. The molecular weight excluding hydrogens is 397 g/mol. The third kappa shape index (κ3) is 4.17. The first-order valence-corrected chi connectivity index (χ1v) is 10.0. The predicted octanol–water partition coefficient (Wildman–Crippen LogP) is 5.58. The van der Waals surface area contributed by atoms with Gasteiger partial charge in [-0.1, -0.05) is 18.6 Å². The van der Waals surface area contributed by atoms with Crippen LogP contribution < -0.4 is 20.1 Å². The van der Waals surface area contributed by atoms with Gasteiger partial charge in [-0.3, -0.25) is 4.79 Å². The third-order valence-electron chi connectivity index (χ3n) is 5.42. The third-order valence-corrected chi connectivity index (χ3v) is 5.42. The summed E-state index contributed by atoms with van der Waals surface area (Å²) in [6, 6.07) is 9.43. The summed E-state index contributed by atoms with van der Waals surface area (Å²) in [5, 5.41) is 5.37. The minimum absolute atomic E-state index is 0.270. The Labute approximate surface area is 172 Å². The summed E-state index contributed by atoms with van der Waals surface area (Å²) in [7, 11) is 0. The van der Waals surface area contributed by atoms with Crippen molar-refractivity contribution >= 4 is 17.3 Å². The lowest BCUT2D eigenvalue weighted by Gasteiger charge is -2.31. The highest BCUT2D eigenvalue weighted by Crippen LogP contribution is 2.46. The van der Waals surface area contributed by atoms with Crippen LogP contribution in [0.3, 0.4) is 0 Å². The van der Waals surface area contributed by atoms with E-state index < -0.39 is 29.5 Å². The molecule has 1 aliphatic carbocycles. The quantitative estimate of drug-likeness (QED) is 0.678. The Morgan fingerprint density at radius 2 is 1.73 bits per heavy atom. The Bertz CT molecular complexity index is 939. The summed E-state index contributed by atoms with van der Waals surface area (Å²) in [5.74, 6) is 0.104. The summed E-state index contributed by atoms with van der Waals surface area (Å²) < 4.78 is 51.5. The van der Waals surface area contributed by atoms with E-state index in [2.05, 4.69) is 10.6 Å². The van der Waals surface area contributed by atoms with E-state index in [-0.39, 0.29) is 5.69 Å². The normalized spacial score (nSPS) is 18.1. The highest BCUT2D eigenvalue weighted by Gasteiger charge is 2.42. The van der Waals surface area contributed by atoms with Crippen molar-refractivity contribution in [1.29, 1.82) is 0 Å². The first-order valence-electron chi connectivity index (χ1n) is 10.0. The van der Waals surface area contributed by atoms with Crippen LogP contribution in [0.25, 0.3) is 0 Å². The Balaban J connectivity index is 1.42. The first kappa shape index (κ1) is 20.4. The van der Waals surface area contributed by atoms with Crippen molar-refractivity contribution < 1.29 is 27.4 Å². The Kier molecular flexibility index (Phi) is 5.26. The van der Waals surface area contributed by atoms with Crippen molar-refractivity contribution in [3.05, 3.63) is 48.0 Å². The van der Waals surface area contributed by atoms with Gasteiger partial charge >= 0.3 is 6.18 Å². The number of alkyl halides is 3. The number of amides is 1. The number of anilines is 2. The van der Waals surface area contributed by atoms with Crippen molar-refractivity contribution in [3.8, 4) is 11.5 Å². The molecule has 1 fully saturated rings. The van der Waals surface area contributed by atoms with E-state index in [1.54, 1.807) is 25.1 Å². The van der Waals surface area contributed by atoms with E-state index in [9.17, 15) is 18.0 Å². The van der Waals surface area contributed by atoms with Gasteiger partial charge in [0.15, 0.2) is 11.5 Å². The van der Waals surface area contributed by atoms with Gasteiger partial charge in [-0.05, 0) is 44.0 Å². The molecule has 1 atom stereocenters. The molecule has 1 amide bonds. The van der Waals surface area contributed by atoms with Crippen molar-refractivity contribution in [1.82, 2.24) is 0 Å². The van der Waals surface area contributed by atoms with Crippen molar-refractivity contribution in [2.24, 2.45) is 0 Å². The van der Waals surface area contributed by atoms with Crippen molar-refractivity contribution in [2.75, 3.05) is 10.6 Å². The number of ether oxygens (including phenoxy) is 2. The molecule has 160 valence electrons. The molecule has 0 saturated heterocycles. The van der Waals surface area contributed by atoms with E-state index in [0.29, 0.717) is 17.2 Å². The predicted molar refractivity (Wildman–Crippen MR) is 107 cm³/mol. The van der Waals surface area contributed by atoms with Gasteiger partial charge in [-0.2, -0.15) is 13.2 Å². The molecular formula is C22H23F3N2O3. The van der Waals surface area contributed by atoms with Crippen LogP contribution in [0.1, 0.15) is 44.6 Å². The maximum Gasteiger partial charge on any atom is 0.418 e. The highest BCUT2D eigenvalue weighted by molar-refractivity contribution is 5.97. The fourth-order valence-electron chi connectivity index (χ4n) is 3.87. The topological polar surface area (TPSA) is 59.6 Å². The van der Waals surface area contributed by atoms with Crippen LogP contribution in [0.15, 0.2) is 42.5 Å². The lowest BCUT2D eigenvalue weighted by Crippen LogP contribution is -2.40. The van der Waals surface area contributed by atoms with Gasteiger partial charge in [-0.25, -0.2) is 0 Å². The van der Waals surface area contributed by atoms with Gasteiger partial charge in [0.2, 0.25) is 5.91 Å². The maximum absolute atomic E-state index is 13.1. The van der Waals surface area contributed by atoms with Gasteiger partial charge in [0.1, 0.15) is 6.04 Å². The molecule has 1 heterocycles. The second-order valence-corrected chi connectivity index (χ2v) is 7.74. The second-order valence-electron chi connectivity index (χ2n) is 7.74. The Morgan fingerprint density at radius 3 is 2.47 bits per heavy atom. The number of carbonyl (C=O) groups excluding carboxylic acids is 1. The number of carbonyl (C=O) groups is 1. The van der Waals surface area contributed by atoms with Crippen LogP contribution >= 0.6 is 0 Å². The monoisotopic (exact) mass is 420 g/mol. The van der Waals surface area contributed by atoms with Gasteiger partial charge in [0.05, 0.1) is 11.3 Å². The average Bonchev–Trinajstić information content (AvgIpc) is 3.04. The molecule has 2 aromatic rings. The summed E-state index contributed by atoms with van der Waals surface area (Å²) in [6.45, 7) is 1.58. The van der Waals surface area contributed by atoms with Crippen molar-refractivity contribution in [2.45, 2.75) is 57.0 Å². The smallest absolute Gasteiger partial charge is 0.418 e. The van der Waals surface area contributed by atoms with E-state index in [1.807, 2.05) is 0 Å². The Morgan fingerprint density at radius 1 is 1.03 bits per heavy atom. The Hall–Kier alpha value is -2.90. The number of para-hydroxylation sites is 1. The zero-order valence-corrected chi connectivity index (χ0v) is 16.5. The molecule has 0 bridgehead atoms. The molecule has 30 heavy (non-hydrogen) atoms. The number of rotatable bonds is 4. The zero-order chi connectivity index (χ0) is 21.4. The molecule has 1 aliphatic heterocycles. The first-order chi connectivity index (χ1) is 14.3. The van der Waals surface area contributed by atoms with E-state index >= 15 is 0 Å². The number of fused-ring (bicyclic) bond motifs is 1. The van der Waals surface area contributed by atoms with E-state index in [0.717, 1.165) is 31.7 Å². The lowest BCUT2D eigenvalue weighted by molar-refractivity contribution is -0.137. The molecule has 0 radical (unpaired) electrons. The molecule has 1 spiro atoms. The highest BCUT2D eigenvalue weighted by atomic mass is 19.4. The molecule has 2 aromatic carbocycles. The molecule has 1 saturated carbocycles. The van der Waals surface area contributed by atoms with Crippen LogP contribution in [0, 0.1) is 0 Å². The minimum atomic E-state index is -4.55. The average molecular weight is 420 g/mol. The molecule has 5 nitrogen and oxygen atoms in total. The molecule has 4 rings (SSSR count). The van der Waals surface area contributed by atoms with Crippen LogP contribution in [0.5, 0.6) is 11.5 Å². The van der Waals surface area contributed by atoms with E-state index in [1.165, 1.54) is 24.6 Å². The van der Waals surface area contributed by atoms with Gasteiger partial charge in [0.25, 0.3) is 5.79 Å². The molecule has 2 aliphatic rings. The zero-order valence-electron chi connectivity index (χ0n) is 16.5. The molecule has 0 aromatic heterocycles. The van der Waals surface area contributed by atoms with Crippen molar-refractivity contribution in [3.63, 3.8) is 0 Å². The maximum atomic E-state index is 13.1.